The molecule has 0 saturated heterocycles. The molecule has 1 atom stereocenters. The van der Waals surface area contributed by atoms with E-state index >= 15 is 0 Å². The Morgan fingerprint density at radius 3 is 2.40 bits per heavy atom. The average Bonchev–Trinajstić information content (AvgIpc) is 2.60. The lowest BCUT2D eigenvalue weighted by Gasteiger charge is -2.15. The summed E-state index contributed by atoms with van der Waals surface area (Å²) in [7, 11) is -0.987. The predicted molar refractivity (Wildman–Crippen MR) is 94.5 cm³/mol. The smallest absolute Gasteiger partial charge is 0.254 e. The van der Waals surface area contributed by atoms with E-state index < -0.39 is 21.7 Å². The van der Waals surface area contributed by atoms with Crippen molar-refractivity contribution in [2.24, 2.45) is 0 Å². The van der Waals surface area contributed by atoms with Crippen LogP contribution in [-0.2, 0) is 10.0 Å². The van der Waals surface area contributed by atoms with Crippen LogP contribution in [0, 0.1) is 5.82 Å². The molecule has 0 unspecified atom stereocenters. The lowest BCUT2D eigenvalue weighted by atomic mass is 10.0. The first-order chi connectivity index (χ1) is 11.7. The monoisotopic (exact) mass is 364 g/mol. The number of hydrogen-bond donors (Lipinski definition) is 1. The fourth-order valence-electron chi connectivity index (χ4n) is 2.29. The number of benzene rings is 2. The van der Waals surface area contributed by atoms with Gasteiger partial charge in [0.25, 0.3) is 5.91 Å². The molecule has 0 bridgehead atoms. The van der Waals surface area contributed by atoms with Gasteiger partial charge in [-0.3, -0.25) is 4.79 Å². The summed E-state index contributed by atoms with van der Waals surface area (Å²) in [6, 6.07) is 12.8. The highest BCUT2D eigenvalue weighted by Crippen LogP contribution is 2.18. The summed E-state index contributed by atoms with van der Waals surface area (Å²) in [5.41, 5.74) is 0.760. The van der Waals surface area contributed by atoms with Gasteiger partial charge in [0.2, 0.25) is 10.0 Å². The van der Waals surface area contributed by atoms with E-state index in [9.17, 15) is 17.6 Å². The van der Waals surface area contributed by atoms with Crippen LogP contribution in [0.25, 0.3) is 0 Å². The Kier molecular flexibility index (Phi) is 5.92. The molecule has 1 N–H and O–H groups in total. The molecule has 0 fully saturated rings. The van der Waals surface area contributed by atoms with Gasteiger partial charge in [0.05, 0.1) is 10.5 Å². The van der Waals surface area contributed by atoms with Crippen molar-refractivity contribution in [1.29, 1.82) is 0 Å². The Bertz CT molecular complexity index is 852. The second-order valence-electron chi connectivity index (χ2n) is 5.95. The predicted octanol–water partition coefficient (Wildman–Crippen LogP) is 2.61. The molecule has 0 aliphatic rings. The van der Waals surface area contributed by atoms with Crippen LogP contribution in [0.4, 0.5) is 4.39 Å². The lowest BCUT2D eigenvalue weighted by molar-refractivity contribution is 0.0947. The van der Waals surface area contributed by atoms with Gasteiger partial charge in [0.1, 0.15) is 5.82 Å². The number of hydrogen-bond acceptors (Lipinski definition) is 3. The van der Waals surface area contributed by atoms with Crippen LogP contribution in [0.5, 0.6) is 0 Å². The number of nitrogens with zero attached hydrogens (tertiary/aromatic N) is 1. The summed E-state index contributed by atoms with van der Waals surface area (Å²) < 4.78 is 39.3. The molecule has 2 aromatic rings. The quantitative estimate of drug-likeness (QED) is 0.857. The number of rotatable bonds is 6. The second kappa shape index (κ2) is 7.76. The molecular formula is C18H21FN2O3S. The van der Waals surface area contributed by atoms with Crippen LogP contribution in [-0.4, -0.2) is 39.3 Å². The minimum absolute atomic E-state index is 0.0434. The minimum atomic E-state index is -3.74. The van der Waals surface area contributed by atoms with Gasteiger partial charge in [-0.15, -0.1) is 0 Å². The normalized spacial score (nSPS) is 12.8. The van der Waals surface area contributed by atoms with Crippen molar-refractivity contribution in [3.05, 3.63) is 65.5 Å². The summed E-state index contributed by atoms with van der Waals surface area (Å²) in [6.07, 6.45) is 0. The molecule has 5 nitrogen and oxygen atoms in total. The highest BCUT2D eigenvalue weighted by molar-refractivity contribution is 7.89. The third kappa shape index (κ3) is 4.43. The number of carbonyl (C=O) groups is 1. The Hall–Kier alpha value is -2.25. The zero-order chi connectivity index (χ0) is 18.6. The van der Waals surface area contributed by atoms with Crippen molar-refractivity contribution in [3.8, 4) is 0 Å². The van der Waals surface area contributed by atoms with Crippen molar-refractivity contribution in [1.82, 2.24) is 9.62 Å². The van der Waals surface area contributed by atoms with E-state index in [1.165, 1.54) is 14.1 Å². The van der Waals surface area contributed by atoms with E-state index in [4.69, 9.17) is 0 Å². The third-order valence-corrected chi connectivity index (χ3v) is 5.71. The number of halogens is 1. The fraction of sp³-hybridized carbons (Fsp3) is 0.278. The van der Waals surface area contributed by atoms with E-state index in [0.29, 0.717) is 6.54 Å². The van der Waals surface area contributed by atoms with Gasteiger partial charge in [-0.25, -0.2) is 17.1 Å². The van der Waals surface area contributed by atoms with Gasteiger partial charge >= 0.3 is 0 Å². The maximum absolute atomic E-state index is 14.0. The molecule has 2 aromatic carbocycles. The molecule has 0 aliphatic carbocycles. The van der Waals surface area contributed by atoms with Crippen LogP contribution in [0.1, 0.15) is 28.8 Å². The Balaban J connectivity index is 2.16. The molecule has 2 rings (SSSR count). The second-order valence-corrected chi connectivity index (χ2v) is 8.10. The first-order valence-electron chi connectivity index (χ1n) is 7.78. The summed E-state index contributed by atoms with van der Waals surface area (Å²) in [5, 5.41) is 2.66. The summed E-state index contributed by atoms with van der Waals surface area (Å²) in [4.78, 5) is 12.2. The van der Waals surface area contributed by atoms with E-state index in [2.05, 4.69) is 5.32 Å². The topological polar surface area (TPSA) is 66.5 Å². The standard InChI is InChI=1S/C18H21FN2O3S/c1-13(14-7-5-4-6-8-14)12-20-18(22)16-11-15(9-10-17(16)19)25(23,24)21(2)3/h4-11,13H,12H2,1-3H3,(H,20,22)/t13-/m1/s1. The van der Waals surface area contributed by atoms with Gasteiger partial charge in [-0.2, -0.15) is 0 Å². The fourth-order valence-corrected chi connectivity index (χ4v) is 3.22. The highest BCUT2D eigenvalue weighted by Gasteiger charge is 2.21. The number of nitrogens with one attached hydrogen (secondary N) is 1. The molecule has 7 heteroatoms. The molecule has 0 saturated carbocycles. The Morgan fingerprint density at radius 1 is 1.16 bits per heavy atom. The van der Waals surface area contributed by atoms with Crippen molar-refractivity contribution in [2.75, 3.05) is 20.6 Å². The third-order valence-electron chi connectivity index (χ3n) is 3.90. The number of amides is 1. The van der Waals surface area contributed by atoms with Crippen LogP contribution in [0.3, 0.4) is 0 Å². The molecule has 0 aromatic heterocycles. The molecule has 0 heterocycles. The molecule has 0 spiro atoms. The van der Waals surface area contributed by atoms with Crippen molar-refractivity contribution in [2.45, 2.75) is 17.7 Å². The number of sulfonamides is 1. The summed E-state index contributed by atoms with van der Waals surface area (Å²) in [6.45, 7) is 2.26. The van der Waals surface area contributed by atoms with Gasteiger partial charge in [-0.05, 0) is 29.7 Å². The number of carbonyl (C=O) groups excluding carboxylic acids is 1. The molecule has 25 heavy (non-hydrogen) atoms. The maximum Gasteiger partial charge on any atom is 0.254 e. The van der Waals surface area contributed by atoms with Gasteiger partial charge < -0.3 is 5.32 Å². The lowest BCUT2D eigenvalue weighted by Crippen LogP contribution is -2.29. The summed E-state index contributed by atoms with van der Waals surface area (Å²) in [5.74, 6) is -1.36. The summed E-state index contributed by atoms with van der Waals surface area (Å²) >= 11 is 0. The molecule has 0 aliphatic heterocycles. The van der Waals surface area contributed by atoms with Gasteiger partial charge in [0, 0.05) is 20.6 Å². The zero-order valence-electron chi connectivity index (χ0n) is 14.4. The highest BCUT2D eigenvalue weighted by atomic mass is 32.2. The van der Waals surface area contributed by atoms with Crippen molar-refractivity contribution in [3.63, 3.8) is 0 Å². The van der Waals surface area contributed by atoms with Crippen LogP contribution in [0.15, 0.2) is 53.4 Å². The molecular weight excluding hydrogens is 343 g/mol. The minimum Gasteiger partial charge on any atom is -0.351 e. The van der Waals surface area contributed by atoms with Crippen molar-refractivity contribution >= 4 is 15.9 Å². The van der Waals surface area contributed by atoms with E-state index in [1.807, 2.05) is 37.3 Å². The maximum atomic E-state index is 14.0. The first kappa shape index (κ1) is 19.1. The van der Waals surface area contributed by atoms with E-state index in [-0.39, 0.29) is 16.4 Å². The Labute approximate surface area is 147 Å². The average molecular weight is 364 g/mol. The van der Waals surface area contributed by atoms with E-state index in [1.54, 1.807) is 0 Å². The van der Waals surface area contributed by atoms with Crippen LogP contribution in [0.2, 0.25) is 0 Å². The molecule has 134 valence electrons. The van der Waals surface area contributed by atoms with Gasteiger partial charge in [0.15, 0.2) is 0 Å². The van der Waals surface area contributed by atoms with Crippen LogP contribution < -0.4 is 5.32 Å². The Morgan fingerprint density at radius 2 is 1.80 bits per heavy atom. The first-order valence-corrected chi connectivity index (χ1v) is 9.22. The molecule has 0 radical (unpaired) electrons. The molecule has 1 amide bonds. The SMILES string of the molecule is C[C@H](CNC(=O)c1cc(S(=O)(=O)N(C)C)ccc1F)c1ccccc1. The largest absolute Gasteiger partial charge is 0.351 e. The van der Waals surface area contributed by atoms with Gasteiger partial charge in [-0.1, -0.05) is 37.3 Å². The van der Waals surface area contributed by atoms with E-state index in [0.717, 1.165) is 28.1 Å². The van der Waals surface area contributed by atoms with Crippen molar-refractivity contribution < 1.29 is 17.6 Å². The van der Waals surface area contributed by atoms with Crippen LogP contribution >= 0.6 is 0 Å². The zero-order valence-corrected chi connectivity index (χ0v) is 15.2.